The van der Waals surface area contributed by atoms with E-state index in [1.165, 1.54) is 122 Å². The van der Waals surface area contributed by atoms with E-state index in [0.717, 1.165) is 38.5 Å². The number of ether oxygens (including phenoxy) is 4. The lowest BCUT2D eigenvalue weighted by Gasteiger charge is -2.39. The van der Waals surface area contributed by atoms with Gasteiger partial charge in [-0.25, -0.2) is 0 Å². The van der Waals surface area contributed by atoms with Crippen molar-refractivity contribution in [2.75, 3.05) is 26.4 Å². The van der Waals surface area contributed by atoms with E-state index in [-0.39, 0.29) is 19.2 Å². The Bertz CT molecular complexity index is 777. The standard InChI is InChI=1S/C41H78O9/c1-3-5-7-9-11-13-15-16-17-18-19-20-22-24-26-28-30-37(43)49-35(34-48-41-40(46)39(45)38(44)36(32-42)50-41)33-47-31-29-27-25-23-21-14-12-10-8-6-4-2/h8,10,35-36,38-42,44-46H,3-7,9,11-34H2,1-2H3/b10-8-. The molecule has 1 heterocycles. The third kappa shape index (κ3) is 25.0. The van der Waals surface area contributed by atoms with Gasteiger partial charge in [-0.15, -0.1) is 0 Å². The van der Waals surface area contributed by atoms with Crippen LogP contribution < -0.4 is 0 Å². The van der Waals surface area contributed by atoms with E-state index < -0.39 is 43.4 Å². The quantitative estimate of drug-likeness (QED) is 0.0290. The van der Waals surface area contributed by atoms with Crippen LogP contribution in [0, 0.1) is 0 Å². The highest BCUT2D eigenvalue weighted by molar-refractivity contribution is 5.69. The second kappa shape index (κ2) is 33.7. The normalized spacial score (nSPS) is 21.6. The zero-order valence-corrected chi connectivity index (χ0v) is 32.2. The van der Waals surface area contributed by atoms with Crippen LogP contribution in [0.2, 0.25) is 0 Å². The molecule has 6 atom stereocenters. The fourth-order valence-corrected chi connectivity index (χ4v) is 6.38. The molecule has 50 heavy (non-hydrogen) atoms. The molecule has 6 unspecified atom stereocenters. The second-order valence-corrected chi connectivity index (χ2v) is 14.4. The third-order valence-corrected chi connectivity index (χ3v) is 9.66. The number of hydrogen-bond donors (Lipinski definition) is 4. The summed E-state index contributed by atoms with van der Waals surface area (Å²) in [7, 11) is 0. The summed E-state index contributed by atoms with van der Waals surface area (Å²) >= 11 is 0. The Morgan fingerprint density at radius 1 is 0.620 bits per heavy atom. The number of esters is 1. The van der Waals surface area contributed by atoms with Crippen LogP contribution in [0.4, 0.5) is 0 Å². The van der Waals surface area contributed by atoms with Crippen molar-refractivity contribution in [2.45, 2.75) is 218 Å². The first-order valence-corrected chi connectivity index (χ1v) is 20.8. The average Bonchev–Trinajstić information content (AvgIpc) is 3.11. The molecule has 0 aromatic rings. The lowest BCUT2D eigenvalue weighted by Crippen LogP contribution is -2.59. The Morgan fingerprint density at radius 2 is 1.14 bits per heavy atom. The van der Waals surface area contributed by atoms with Crippen molar-refractivity contribution in [2.24, 2.45) is 0 Å². The van der Waals surface area contributed by atoms with Crippen molar-refractivity contribution >= 4 is 5.97 Å². The topological polar surface area (TPSA) is 135 Å². The predicted molar refractivity (Wildman–Crippen MR) is 201 cm³/mol. The molecule has 0 amide bonds. The molecule has 296 valence electrons. The molecule has 0 bridgehead atoms. The van der Waals surface area contributed by atoms with Crippen LogP contribution in [0.3, 0.4) is 0 Å². The van der Waals surface area contributed by atoms with E-state index in [4.69, 9.17) is 18.9 Å². The summed E-state index contributed by atoms with van der Waals surface area (Å²) in [5.74, 6) is -0.314. The SMILES string of the molecule is CCC/C=C\CCCCCCCCOCC(COC1OC(CO)C(O)C(O)C1O)OC(=O)CCCCCCCCCCCCCCCCCC. The van der Waals surface area contributed by atoms with Crippen molar-refractivity contribution in [1.29, 1.82) is 0 Å². The lowest BCUT2D eigenvalue weighted by molar-refractivity contribution is -0.305. The maximum atomic E-state index is 12.7. The van der Waals surface area contributed by atoms with Crippen LogP contribution >= 0.6 is 0 Å². The van der Waals surface area contributed by atoms with Crippen LogP contribution in [0.1, 0.15) is 181 Å². The smallest absolute Gasteiger partial charge is 0.306 e. The Labute approximate surface area is 305 Å². The first-order chi connectivity index (χ1) is 24.4. The van der Waals surface area contributed by atoms with Gasteiger partial charge in [0, 0.05) is 13.0 Å². The van der Waals surface area contributed by atoms with E-state index in [1.54, 1.807) is 0 Å². The van der Waals surface area contributed by atoms with E-state index >= 15 is 0 Å². The summed E-state index contributed by atoms with van der Waals surface area (Å²) in [5.41, 5.74) is 0. The van der Waals surface area contributed by atoms with Crippen molar-refractivity contribution in [1.82, 2.24) is 0 Å². The van der Waals surface area contributed by atoms with Gasteiger partial charge in [0.15, 0.2) is 6.29 Å². The van der Waals surface area contributed by atoms with Crippen LogP contribution in [0.15, 0.2) is 12.2 Å². The largest absolute Gasteiger partial charge is 0.457 e. The molecule has 1 saturated heterocycles. The summed E-state index contributed by atoms with van der Waals surface area (Å²) in [6.07, 6.45) is 28.1. The summed E-state index contributed by atoms with van der Waals surface area (Å²) in [6.45, 7) is 4.50. The second-order valence-electron chi connectivity index (χ2n) is 14.4. The summed E-state index contributed by atoms with van der Waals surface area (Å²) in [6, 6.07) is 0. The number of rotatable bonds is 35. The average molecular weight is 715 g/mol. The Morgan fingerprint density at radius 3 is 1.70 bits per heavy atom. The fourth-order valence-electron chi connectivity index (χ4n) is 6.38. The monoisotopic (exact) mass is 715 g/mol. The number of aliphatic hydroxyl groups excluding tert-OH is 4. The minimum Gasteiger partial charge on any atom is -0.457 e. The lowest BCUT2D eigenvalue weighted by atomic mass is 9.99. The highest BCUT2D eigenvalue weighted by atomic mass is 16.7. The van der Waals surface area contributed by atoms with Gasteiger partial charge in [-0.2, -0.15) is 0 Å². The van der Waals surface area contributed by atoms with Gasteiger partial charge in [0.2, 0.25) is 0 Å². The van der Waals surface area contributed by atoms with Gasteiger partial charge in [-0.05, 0) is 32.1 Å². The van der Waals surface area contributed by atoms with Crippen molar-refractivity contribution < 1.29 is 44.2 Å². The molecular formula is C41H78O9. The first kappa shape index (κ1) is 47.0. The maximum Gasteiger partial charge on any atom is 0.306 e. The van der Waals surface area contributed by atoms with Gasteiger partial charge in [0.25, 0.3) is 0 Å². The number of carbonyl (C=O) groups is 1. The van der Waals surface area contributed by atoms with Gasteiger partial charge in [-0.3, -0.25) is 4.79 Å². The zero-order chi connectivity index (χ0) is 36.5. The first-order valence-electron chi connectivity index (χ1n) is 20.8. The van der Waals surface area contributed by atoms with Crippen LogP contribution in [0.5, 0.6) is 0 Å². The van der Waals surface area contributed by atoms with E-state index in [1.807, 2.05) is 0 Å². The third-order valence-electron chi connectivity index (χ3n) is 9.66. The summed E-state index contributed by atoms with van der Waals surface area (Å²) < 4.78 is 22.7. The fraction of sp³-hybridized carbons (Fsp3) is 0.927. The molecule has 0 radical (unpaired) electrons. The van der Waals surface area contributed by atoms with Crippen LogP contribution in [-0.2, 0) is 23.7 Å². The molecule has 0 aromatic heterocycles. The Kier molecular flexibility index (Phi) is 31.7. The van der Waals surface area contributed by atoms with Crippen molar-refractivity contribution in [3.63, 3.8) is 0 Å². The molecule has 1 aliphatic rings. The molecule has 9 heteroatoms. The molecule has 9 nitrogen and oxygen atoms in total. The minimum absolute atomic E-state index is 0.111. The van der Waals surface area contributed by atoms with Gasteiger partial charge >= 0.3 is 5.97 Å². The van der Waals surface area contributed by atoms with Gasteiger partial charge in [0.1, 0.15) is 30.5 Å². The highest BCUT2D eigenvalue weighted by Crippen LogP contribution is 2.22. The maximum absolute atomic E-state index is 12.7. The molecule has 1 aliphatic heterocycles. The summed E-state index contributed by atoms with van der Waals surface area (Å²) in [5, 5.41) is 40.0. The molecular weight excluding hydrogens is 636 g/mol. The highest BCUT2D eigenvalue weighted by Gasteiger charge is 2.44. The van der Waals surface area contributed by atoms with Crippen molar-refractivity contribution in [3.8, 4) is 0 Å². The number of allylic oxidation sites excluding steroid dienone is 2. The molecule has 0 saturated carbocycles. The predicted octanol–water partition coefficient (Wildman–Crippen LogP) is 8.47. The molecule has 4 N–H and O–H groups in total. The molecule has 0 spiro atoms. The molecule has 0 aromatic carbocycles. The molecule has 1 rings (SSSR count). The van der Waals surface area contributed by atoms with Crippen LogP contribution in [-0.4, -0.2) is 89.6 Å². The zero-order valence-electron chi connectivity index (χ0n) is 32.2. The number of carbonyl (C=O) groups excluding carboxylic acids is 1. The van der Waals surface area contributed by atoms with E-state index in [9.17, 15) is 25.2 Å². The van der Waals surface area contributed by atoms with Gasteiger partial charge < -0.3 is 39.4 Å². The number of aliphatic hydroxyl groups is 4. The van der Waals surface area contributed by atoms with E-state index in [2.05, 4.69) is 26.0 Å². The molecule has 1 fully saturated rings. The summed E-state index contributed by atoms with van der Waals surface area (Å²) in [4.78, 5) is 12.7. The van der Waals surface area contributed by atoms with E-state index in [0.29, 0.717) is 13.0 Å². The van der Waals surface area contributed by atoms with Gasteiger partial charge in [0.05, 0.1) is 19.8 Å². The van der Waals surface area contributed by atoms with Gasteiger partial charge in [-0.1, -0.05) is 154 Å². The minimum atomic E-state index is -1.53. The Hall–Kier alpha value is -1.07. The van der Waals surface area contributed by atoms with Crippen molar-refractivity contribution in [3.05, 3.63) is 12.2 Å². The van der Waals surface area contributed by atoms with Crippen LogP contribution in [0.25, 0.3) is 0 Å². The molecule has 0 aliphatic carbocycles. The Balaban J connectivity index is 2.28. The number of hydrogen-bond acceptors (Lipinski definition) is 9. The number of unbranched alkanes of at least 4 members (excludes halogenated alkanes) is 22.